The van der Waals surface area contributed by atoms with Crippen molar-refractivity contribution in [2.45, 2.75) is 64.3 Å². The van der Waals surface area contributed by atoms with Gasteiger partial charge in [-0.1, -0.05) is 19.8 Å². The van der Waals surface area contributed by atoms with Crippen LogP contribution in [0.5, 0.6) is 0 Å². The second-order valence-electron chi connectivity index (χ2n) is 9.46. The molecule has 3 unspecified atom stereocenters. The molecule has 0 N–H and O–H groups in total. The molecule has 150 valence electrons. The molecule has 0 aromatic carbocycles. The van der Waals surface area contributed by atoms with E-state index in [9.17, 15) is 14.0 Å². The first-order chi connectivity index (χ1) is 12.9. The van der Waals surface area contributed by atoms with Crippen LogP contribution in [0, 0.1) is 35.0 Å². The summed E-state index contributed by atoms with van der Waals surface area (Å²) in [5.74, 6) is 0.749. The zero-order valence-electron chi connectivity index (χ0n) is 16.7. The Balaban J connectivity index is 1.68. The maximum atomic E-state index is 14.5. The predicted octanol–water partition coefficient (Wildman–Crippen LogP) is 4.10. The van der Waals surface area contributed by atoms with Gasteiger partial charge in [-0.05, 0) is 68.3 Å². The number of carbonyl (C=O) groups excluding carboxylic acids is 2. The van der Waals surface area contributed by atoms with Gasteiger partial charge in [0.1, 0.15) is 0 Å². The van der Waals surface area contributed by atoms with Gasteiger partial charge in [0.15, 0.2) is 5.83 Å². The highest BCUT2D eigenvalue weighted by atomic mass is 19.1. The maximum Gasteiger partial charge on any atom is 0.308 e. The van der Waals surface area contributed by atoms with Crippen LogP contribution in [-0.2, 0) is 14.3 Å². The number of rotatable bonds is 1. The molecule has 0 saturated heterocycles. The molecule has 0 aromatic heterocycles. The van der Waals surface area contributed by atoms with Crippen LogP contribution in [0.1, 0.15) is 58.3 Å². The van der Waals surface area contributed by atoms with Gasteiger partial charge in [-0.15, -0.1) is 0 Å². The summed E-state index contributed by atoms with van der Waals surface area (Å²) < 4.78 is 19.6. The Kier molecular flexibility index (Phi) is 4.84. The highest BCUT2D eigenvalue weighted by molar-refractivity contribution is 5.92. The fourth-order valence-electron chi connectivity index (χ4n) is 7.30. The fraction of sp³-hybridized carbons (Fsp3) is 0.818. The smallest absolute Gasteiger partial charge is 0.308 e. The average Bonchev–Trinajstić information content (AvgIpc) is 3.03. The number of fused-ring (bicyclic) bond motifs is 5. The maximum absolute atomic E-state index is 14.5. The summed E-state index contributed by atoms with van der Waals surface area (Å²) in [5, 5.41) is 0. The van der Waals surface area contributed by atoms with E-state index < -0.39 is 11.7 Å². The van der Waals surface area contributed by atoms with E-state index in [0.29, 0.717) is 23.7 Å². The lowest BCUT2D eigenvalue weighted by Gasteiger charge is -2.56. The van der Waals surface area contributed by atoms with Gasteiger partial charge >= 0.3 is 5.97 Å². The van der Waals surface area contributed by atoms with Crippen LogP contribution >= 0.6 is 0 Å². The van der Waals surface area contributed by atoms with Gasteiger partial charge in [0.2, 0.25) is 0 Å². The number of hydrogen-bond donors (Lipinski definition) is 0. The molecule has 4 nitrogen and oxygen atoms in total. The Hall–Kier alpha value is -1.39. The molecule has 4 aliphatic rings. The lowest BCUT2D eigenvalue weighted by atomic mass is 9.53. The Morgan fingerprint density at radius 2 is 1.81 bits per heavy atom. The van der Waals surface area contributed by atoms with E-state index in [2.05, 4.69) is 6.92 Å². The summed E-state index contributed by atoms with van der Waals surface area (Å²) in [6.07, 6.45) is 10.1. The zero-order valence-corrected chi connectivity index (χ0v) is 16.7. The van der Waals surface area contributed by atoms with Crippen molar-refractivity contribution in [3.63, 3.8) is 0 Å². The SMILES string of the molecule is COC(=O)[C@H]1CC[C@H]2C3CC[C@H]4N(C)C(=O)C(F)=CC4(C)C3CCCC[C@@H]12. The van der Waals surface area contributed by atoms with Crippen LogP contribution in [0.4, 0.5) is 4.39 Å². The Morgan fingerprint density at radius 1 is 1.11 bits per heavy atom. The molecule has 5 heteroatoms. The van der Waals surface area contributed by atoms with E-state index in [1.54, 1.807) is 18.0 Å². The normalized spacial score (nSPS) is 44.4. The largest absolute Gasteiger partial charge is 0.469 e. The van der Waals surface area contributed by atoms with E-state index in [0.717, 1.165) is 51.4 Å². The summed E-state index contributed by atoms with van der Waals surface area (Å²) in [6.45, 7) is 2.17. The highest BCUT2D eigenvalue weighted by Crippen LogP contribution is 2.59. The summed E-state index contributed by atoms with van der Waals surface area (Å²) in [5.41, 5.74) is -0.305. The van der Waals surface area contributed by atoms with Crippen LogP contribution in [0.3, 0.4) is 0 Å². The fourth-order valence-corrected chi connectivity index (χ4v) is 7.30. The van der Waals surface area contributed by atoms with Gasteiger partial charge < -0.3 is 9.64 Å². The van der Waals surface area contributed by atoms with E-state index in [1.165, 1.54) is 7.11 Å². The molecule has 1 heterocycles. The molecule has 0 radical (unpaired) electrons. The Morgan fingerprint density at radius 3 is 2.56 bits per heavy atom. The molecule has 1 amide bonds. The van der Waals surface area contributed by atoms with E-state index >= 15 is 0 Å². The van der Waals surface area contributed by atoms with Crippen molar-refractivity contribution in [2.75, 3.05) is 14.2 Å². The van der Waals surface area contributed by atoms with Gasteiger partial charge in [-0.25, -0.2) is 4.39 Å². The molecule has 3 saturated carbocycles. The van der Waals surface area contributed by atoms with Crippen LogP contribution in [-0.4, -0.2) is 37.0 Å². The van der Waals surface area contributed by atoms with Crippen LogP contribution < -0.4 is 0 Å². The van der Waals surface area contributed by atoms with E-state index in [4.69, 9.17) is 4.74 Å². The van der Waals surface area contributed by atoms with Crippen LogP contribution in [0.2, 0.25) is 0 Å². The number of hydrogen-bond acceptors (Lipinski definition) is 3. The summed E-state index contributed by atoms with van der Waals surface area (Å²) in [7, 11) is 3.25. The van der Waals surface area contributed by atoms with Gasteiger partial charge in [0.25, 0.3) is 5.91 Å². The standard InChI is InChI=1S/C22H32FNO3/c1-22-12-18(23)20(25)24(2)19(22)11-10-15-14-8-9-16(21(26)27-3)13(14)6-4-5-7-17(15)22/h12-17,19H,4-11H2,1-3H3/t13-,14-,15?,16+,17?,19-,22?/m1/s1. The van der Waals surface area contributed by atoms with Crippen molar-refractivity contribution in [1.82, 2.24) is 4.90 Å². The molecular formula is C22H32FNO3. The van der Waals surface area contributed by atoms with Crippen molar-refractivity contribution in [3.8, 4) is 0 Å². The van der Waals surface area contributed by atoms with Crippen molar-refractivity contribution in [1.29, 1.82) is 0 Å². The highest BCUT2D eigenvalue weighted by Gasteiger charge is 2.56. The number of nitrogens with zero attached hydrogens (tertiary/aromatic N) is 1. The Labute approximate surface area is 161 Å². The number of methoxy groups -OCH3 is 1. The first kappa shape index (κ1) is 18.9. The third-order valence-corrected chi connectivity index (χ3v) is 8.47. The van der Waals surface area contributed by atoms with Crippen molar-refractivity contribution >= 4 is 11.9 Å². The third kappa shape index (κ3) is 2.84. The minimum absolute atomic E-state index is 0.0344. The number of amides is 1. The lowest BCUT2D eigenvalue weighted by molar-refractivity contribution is -0.148. The molecular weight excluding hydrogens is 345 g/mol. The number of halogens is 1. The molecule has 3 aliphatic carbocycles. The second kappa shape index (κ2) is 6.89. The first-order valence-electron chi connectivity index (χ1n) is 10.6. The third-order valence-electron chi connectivity index (χ3n) is 8.47. The molecule has 0 bridgehead atoms. The number of esters is 1. The van der Waals surface area contributed by atoms with Gasteiger partial charge in [0.05, 0.1) is 13.0 Å². The topological polar surface area (TPSA) is 46.6 Å². The predicted molar refractivity (Wildman–Crippen MR) is 100 cm³/mol. The average molecular weight is 378 g/mol. The second-order valence-corrected chi connectivity index (χ2v) is 9.46. The van der Waals surface area contributed by atoms with Gasteiger partial charge in [-0.2, -0.15) is 0 Å². The minimum Gasteiger partial charge on any atom is -0.469 e. The molecule has 1 aliphatic heterocycles. The first-order valence-corrected chi connectivity index (χ1v) is 10.6. The van der Waals surface area contributed by atoms with Gasteiger partial charge in [0, 0.05) is 18.5 Å². The summed E-state index contributed by atoms with van der Waals surface area (Å²) in [4.78, 5) is 26.1. The molecule has 7 atom stereocenters. The quantitative estimate of drug-likeness (QED) is 0.646. The Bertz CT molecular complexity index is 662. The molecule has 27 heavy (non-hydrogen) atoms. The van der Waals surface area contributed by atoms with Gasteiger partial charge in [-0.3, -0.25) is 9.59 Å². The number of likely N-dealkylation sites (N-methyl/N-ethyl adjacent to an activating group) is 1. The molecule has 0 aromatic rings. The van der Waals surface area contributed by atoms with Crippen molar-refractivity contribution in [3.05, 3.63) is 11.9 Å². The molecule has 3 fully saturated rings. The molecule has 4 rings (SSSR count). The summed E-state index contributed by atoms with van der Waals surface area (Å²) in [6, 6.07) is 0.0847. The van der Waals surface area contributed by atoms with Crippen molar-refractivity contribution < 1.29 is 18.7 Å². The zero-order chi connectivity index (χ0) is 19.3. The summed E-state index contributed by atoms with van der Waals surface area (Å²) >= 11 is 0. The monoisotopic (exact) mass is 377 g/mol. The molecule has 0 spiro atoms. The van der Waals surface area contributed by atoms with Crippen LogP contribution in [0.15, 0.2) is 11.9 Å². The van der Waals surface area contributed by atoms with Crippen LogP contribution in [0.25, 0.3) is 0 Å². The van der Waals surface area contributed by atoms with E-state index in [1.807, 2.05) is 0 Å². The number of ether oxygens (including phenoxy) is 1. The number of carbonyl (C=O) groups is 2. The van der Waals surface area contributed by atoms with E-state index in [-0.39, 0.29) is 23.3 Å². The lowest BCUT2D eigenvalue weighted by Crippen LogP contribution is -2.58. The minimum atomic E-state index is -0.589. The van der Waals surface area contributed by atoms with Crippen molar-refractivity contribution in [2.24, 2.45) is 35.0 Å².